The molecule has 0 aromatic heterocycles. The molecule has 0 amide bonds. The van der Waals surface area contributed by atoms with Crippen molar-refractivity contribution in [1.29, 1.82) is 0 Å². The molecule has 0 unspecified atom stereocenters. The van der Waals surface area contributed by atoms with Crippen molar-refractivity contribution < 1.29 is 0 Å². The van der Waals surface area contributed by atoms with Crippen molar-refractivity contribution in [3.63, 3.8) is 0 Å². The zero-order chi connectivity index (χ0) is 13.8. The van der Waals surface area contributed by atoms with E-state index >= 15 is 0 Å². The maximum absolute atomic E-state index is 3.71. The van der Waals surface area contributed by atoms with E-state index in [4.69, 9.17) is 0 Å². The second-order valence-corrected chi connectivity index (χ2v) is 5.78. The molecular weight excluding hydrogens is 242 g/mol. The maximum Gasteiger partial charge on any atom is 0.0210 e. The topological polar surface area (TPSA) is 12.0 Å². The predicted molar refractivity (Wildman–Crippen MR) is 84.9 cm³/mol. The predicted octanol–water partition coefficient (Wildman–Crippen LogP) is 4.28. The van der Waals surface area contributed by atoms with Gasteiger partial charge in [-0.25, -0.2) is 0 Å². The average molecular weight is 265 g/mol. The highest BCUT2D eigenvalue weighted by molar-refractivity contribution is 5.27. The van der Waals surface area contributed by atoms with E-state index < -0.39 is 0 Å². The number of aryl methyl sites for hydroxylation is 1. The first kappa shape index (κ1) is 13.4. The maximum atomic E-state index is 3.71. The van der Waals surface area contributed by atoms with Crippen molar-refractivity contribution in [3.05, 3.63) is 71.3 Å². The largest absolute Gasteiger partial charge is 0.310 e. The van der Waals surface area contributed by atoms with Gasteiger partial charge >= 0.3 is 0 Å². The summed E-state index contributed by atoms with van der Waals surface area (Å²) in [6.07, 6.45) is 3.67. The molecule has 1 aliphatic carbocycles. The van der Waals surface area contributed by atoms with Gasteiger partial charge in [-0.2, -0.15) is 0 Å². The second kappa shape index (κ2) is 6.23. The van der Waals surface area contributed by atoms with Crippen LogP contribution < -0.4 is 5.32 Å². The van der Waals surface area contributed by atoms with Crippen LogP contribution in [-0.4, -0.2) is 6.04 Å². The fourth-order valence-electron chi connectivity index (χ4n) is 3.11. The second-order valence-electron chi connectivity index (χ2n) is 5.78. The first-order chi connectivity index (χ1) is 9.86. The third-order valence-electron chi connectivity index (χ3n) is 4.49. The van der Waals surface area contributed by atoms with Crippen molar-refractivity contribution in [3.8, 4) is 0 Å². The summed E-state index contributed by atoms with van der Waals surface area (Å²) in [6, 6.07) is 20.4. The summed E-state index contributed by atoms with van der Waals surface area (Å²) >= 11 is 0. The first-order valence-electron chi connectivity index (χ1n) is 7.72. The Morgan fingerprint density at radius 3 is 2.25 bits per heavy atom. The van der Waals surface area contributed by atoms with Gasteiger partial charge in [0.1, 0.15) is 0 Å². The Hall–Kier alpha value is -1.60. The smallest absolute Gasteiger partial charge is 0.0210 e. The molecule has 1 fully saturated rings. The monoisotopic (exact) mass is 265 g/mol. The summed E-state index contributed by atoms with van der Waals surface area (Å²) in [7, 11) is 0. The molecule has 1 heteroatoms. The van der Waals surface area contributed by atoms with Crippen molar-refractivity contribution in [2.24, 2.45) is 0 Å². The Kier molecular flexibility index (Phi) is 4.17. The average Bonchev–Trinajstić information content (AvgIpc) is 2.47. The number of hydrogen-bond donors (Lipinski definition) is 1. The molecule has 0 bridgehead atoms. The van der Waals surface area contributed by atoms with Gasteiger partial charge in [0.25, 0.3) is 0 Å². The van der Waals surface area contributed by atoms with E-state index in [1.54, 1.807) is 0 Å². The van der Waals surface area contributed by atoms with Gasteiger partial charge in [-0.3, -0.25) is 0 Å². The lowest BCUT2D eigenvalue weighted by Crippen LogP contribution is -2.39. The fourth-order valence-corrected chi connectivity index (χ4v) is 3.11. The Labute approximate surface area is 122 Å². The Balaban J connectivity index is 1.50. The summed E-state index contributed by atoms with van der Waals surface area (Å²) in [5.41, 5.74) is 4.43. The van der Waals surface area contributed by atoms with Crippen LogP contribution in [0, 0.1) is 0 Å². The van der Waals surface area contributed by atoms with Crippen LogP contribution in [0.3, 0.4) is 0 Å². The van der Waals surface area contributed by atoms with Crippen LogP contribution in [0.15, 0.2) is 54.6 Å². The molecule has 0 spiro atoms. The Morgan fingerprint density at radius 2 is 1.55 bits per heavy atom. The van der Waals surface area contributed by atoms with Gasteiger partial charge < -0.3 is 5.32 Å². The lowest BCUT2D eigenvalue weighted by atomic mass is 9.76. The molecule has 2 aromatic rings. The molecule has 1 nitrogen and oxygen atoms in total. The molecule has 1 saturated carbocycles. The van der Waals surface area contributed by atoms with Gasteiger partial charge in [-0.1, -0.05) is 61.5 Å². The summed E-state index contributed by atoms with van der Waals surface area (Å²) in [5, 5.41) is 3.71. The fraction of sp³-hybridized carbons (Fsp3) is 0.368. The zero-order valence-corrected chi connectivity index (χ0v) is 12.2. The molecule has 3 rings (SSSR count). The van der Waals surface area contributed by atoms with Gasteiger partial charge in [-0.15, -0.1) is 0 Å². The molecule has 1 aliphatic rings. The van der Waals surface area contributed by atoms with Crippen LogP contribution in [0.2, 0.25) is 0 Å². The highest BCUT2D eigenvalue weighted by Gasteiger charge is 2.29. The molecule has 0 atom stereocenters. The Bertz CT molecular complexity index is 541. The first-order valence-corrected chi connectivity index (χ1v) is 7.72. The Morgan fingerprint density at radius 1 is 0.900 bits per heavy atom. The summed E-state index contributed by atoms with van der Waals surface area (Å²) in [4.78, 5) is 0. The lowest BCUT2D eigenvalue weighted by molar-refractivity contribution is 0.289. The van der Waals surface area contributed by atoms with E-state index in [9.17, 15) is 0 Å². The minimum atomic E-state index is 0.685. The summed E-state index contributed by atoms with van der Waals surface area (Å²) in [6.45, 7) is 3.24. The summed E-state index contributed by atoms with van der Waals surface area (Å²) in [5.74, 6) is 0.759. The highest BCUT2D eigenvalue weighted by atomic mass is 14.9. The number of benzene rings is 2. The normalized spacial score (nSPS) is 21.4. The summed E-state index contributed by atoms with van der Waals surface area (Å²) < 4.78 is 0. The lowest BCUT2D eigenvalue weighted by Gasteiger charge is -2.36. The minimum absolute atomic E-state index is 0.685. The van der Waals surface area contributed by atoms with E-state index in [0.717, 1.165) is 18.9 Å². The SMILES string of the molecule is CCc1ccccc1CNC1CC(c2ccccc2)C1. The van der Waals surface area contributed by atoms with E-state index in [1.165, 1.54) is 29.5 Å². The van der Waals surface area contributed by atoms with Gasteiger partial charge in [-0.05, 0) is 41.9 Å². The van der Waals surface area contributed by atoms with Crippen LogP contribution in [0.25, 0.3) is 0 Å². The molecule has 0 radical (unpaired) electrons. The molecule has 2 aromatic carbocycles. The van der Waals surface area contributed by atoms with Gasteiger partial charge in [0.2, 0.25) is 0 Å². The van der Waals surface area contributed by atoms with Crippen LogP contribution in [0.5, 0.6) is 0 Å². The van der Waals surface area contributed by atoms with Crippen LogP contribution in [0.4, 0.5) is 0 Å². The quantitative estimate of drug-likeness (QED) is 0.850. The van der Waals surface area contributed by atoms with E-state index in [-0.39, 0.29) is 0 Å². The third kappa shape index (κ3) is 2.94. The molecule has 104 valence electrons. The molecule has 1 N–H and O–H groups in total. The zero-order valence-electron chi connectivity index (χ0n) is 12.2. The van der Waals surface area contributed by atoms with Crippen molar-refractivity contribution in [2.75, 3.05) is 0 Å². The van der Waals surface area contributed by atoms with E-state index in [0.29, 0.717) is 6.04 Å². The van der Waals surface area contributed by atoms with Crippen molar-refractivity contribution in [1.82, 2.24) is 5.32 Å². The number of hydrogen-bond acceptors (Lipinski definition) is 1. The molecular formula is C19H23N. The van der Waals surface area contributed by atoms with Crippen LogP contribution >= 0.6 is 0 Å². The molecule has 20 heavy (non-hydrogen) atoms. The number of nitrogens with one attached hydrogen (secondary N) is 1. The van der Waals surface area contributed by atoms with Crippen LogP contribution in [0.1, 0.15) is 42.4 Å². The number of rotatable bonds is 5. The third-order valence-corrected chi connectivity index (χ3v) is 4.49. The van der Waals surface area contributed by atoms with E-state index in [1.807, 2.05) is 0 Å². The molecule has 0 saturated heterocycles. The van der Waals surface area contributed by atoms with Gasteiger partial charge in [0, 0.05) is 12.6 Å². The van der Waals surface area contributed by atoms with Crippen molar-refractivity contribution in [2.45, 2.75) is 44.7 Å². The molecule has 0 aliphatic heterocycles. The van der Waals surface area contributed by atoms with Gasteiger partial charge in [0.05, 0.1) is 0 Å². The molecule has 0 heterocycles. The van der Waals surface area contributed by atoms with Crippen LogP contribution in [-0.2, 0) is 13.0 Å². The van der Waals surface area contributed by atoms with E-state index in [2.05, 4.69) is 66.8 Å². The highest BCUT2D eigenvalue weighted by Crippen LogP contribution is 2.36. The van der Waals surface area contributed by atoms with Gasteiger partial charge in [0.15, 0.2) is 0 Å². The standard InChI is InChI=1S/C19H23N/c1-2-15-8-6-7-11-17(15)14-20-19-12-18(13-19)16-9-4-3-5-10-16/h3-11,18-20H,2,12-14H2,1H3. The van der Waals surface area contributed by atoms with Crippen molar-refractivity contribution >= 4 is 0 Å². The minimum Gasteiger partial charge on any atom is -0.310 e.